The van der Waals surface area contributed by atoms with Gasteiger partial charge in [0, 0.05) is 0 Å². The molecule has 0 aliphatic carbocycles. The van der Waals surface area contributed by atoms with Crippen LogP contribution in [0.4, 0.5) is 0 Å². The minimum atomic E-state index is 1.05. The fourth-order valence-electron chi connectivity index (χ4n) is 1.33. The average molecular weight is 258 g/mol. The van der Waals surface area contributed by atoms with Gasteiger partial charge in [0.15, 0.2) is 0 Å². The highest BCUT2D eigenvalue weighted by molar-refractivity contribution is 5.72. The molecule has 0 nitrogen and oxygen atoms in total. The van der Waals surface area contributed by atoms with E-state index in [-0.39, 0.29) is 0 Å². The summed E-state index contributed by atoms with van der Waals surface area (Å²) < 4.78 is 0. The number of hydrogen-bond acceptors (Lipinski definition) is 0. The Kier molecular flexibility index (Phi) is 15.1. The van der Waals surface area contributed by atoms with Crippen molar-refractivity contribution < 1.29 is 0 Å². The second-order valence-electron chi connectivity index (χ2n) is 3.46. The third kappa shape index (κ3) is 9.07. The number of hydrogen-bond donors (Lipinski definition) is 0. The normalized spacial score (nSPS) is 9.58. The lowest BCUT2D eigenvalue weighted by Gasteiger charge is -2.01. The Bertz CT molecular complexity index is 364. The fraction of sp³-hybridized carbons (Fsp3) is 0.368. The van der Waals surface area contributed by atoms with Crippen molar-refractivity contribution in [1.29, 1.82) is 0 Å². The van der Waals surface area contributed by atoms with Gasteiger partial charge in [-0.25, -0.2) is 0 Å². The molecule has 0 aliphatic heterocycles. The standard InChI is InChI=1S/C15H18.2C2H6/c1-4-6-7-8-13(3)15-11-9-14(5-2)10-12-15;2*1-2/h4,6-12H,3,5H2,1-2H3;2*1-2H3/b6-4-,8-7-;;. The first-order valence-electron chi connectivity index (χ1n) is 7.35. The topological polar surface area (TPSA) is 0 Å². The average Bonchev–Trinajstić information content (AvgIpc) is 2.51. The third-order valence-corrected chi connectivity index (χ3v) is 2.33. The highest BCUT2D eigenvalue weighted by atomic mass is 14.0. The highest BCUT2D eigenvalue weighted by Crippen LogP contribution is 2.14. The lowest BCUT2D eigenvalue weighted by molar-refractivity contribution is 1.14. The minimum absolute atomic E-state index is 1.05. The fourth-order valence-corrected chi connectivity index (χ4v) is 1.33. The molecule has 0 aliphatic rings. The van der Waals surface area contributed by atoms with E-state index in [0.29, 0.717) is 0 Å². The van der Waals surface area contributed by atoms with Crippen LogP contribution in [-0.4, -0.2) is 0 Å². The van der Waals surface area contributed by atoms with Crippen LogP contribution in [0.3, 0.4) is 0 Å². The first kappa shape index (κ1) is 19.8. The van der Waals surface area contributed by atoms with Crippen LogP contribution in [0.2, 0.25) is 0 Å². The molecule has 0 amide bonds. The Morgan fingerprint density at radius 3 is 1.95 bits per heavy atom. The van der Waals surface area contributed by atoms with Gasteiger partial charge < -0.3 is 0 Å². The van der Waals surface area contributed by atoms with E-state index >= 15 is 0 Å². The molecule has 0 spiro atoms. The summed E-state index contributed by atoms with van der Waals surface area (Å²) >= 11 is 0. The molecule has 0 radical (unpaired) electrons. The van der Waals surface area contributed by atoms with Crippen molar-refractivity contribution in [3.8, 4) is 0 Å². The molecule has 0 heteroatoms. The van der Waals surface area contributed by atoms with Crippen molar-refractivity contribution in [3.05, 3.63) is 66.3 Å². The number of allylic oxidation sites excluding steroid dienone is 5. The molecule has 106 valence electrons. The maximum atomic E-state index is 4.03. The molecular formula is C19H30. The van der Waals surface area contributed by atoms with E-state index in [1.54, 1.807) is 0 Å². The van der Waals surface area contributed by atoms with Crippen molar-refractivity contribution in [2.45, 2.75) is 48.0 Å². The summed E-state index contributed by atoms with van der Waals surface area (Å²) in [5.74, 6) is 0. The van der Waals surface area contributed by atoms with Gasteiger partial charge in [-0.2, -0.15) is 0 Å². The van der Waals surface area contributed by atoms with Crippen LogP contribution in [-0.2, 0) is 6.42 Å². The smallest absolute Gasteiger partial charge is 0.0190 e. The van der Waals surface area contributed by atoms with Gasteiger partial charge in [-0.1, -0.05) is 89.8 Å². The number of rotatable bonds is 4. The lowest BCUT2D eigenvalue weighted by Crippen LogP contribution is -1.82. The van der Waals surface area contributed by atoms with E-state index in [4.69, 9.17) is 0 Å². The van der Waals surface area contributed by atoms with Gasteiger partial charge in [-0.15, -0.1) is 0 Å². The number of aryl methyl sites for hydroxylation is 1. The summed E-state index contributed by atoms with van der Waals surface area (Å²) in [4.78, 5) is 0. The summed E-state index contributed by atoms with van der Waals surface area (Å²) in [6.45, 7) is 16.2. The Morgan fingerprint density at radius 2 is 1.53 bits per heavy atom. The van der Waals surface area contributed by atoms with Crippen molar-refractivity contribution >= 4 is 5.57 Å². The molecule has 0 N–H and O–H groups in total. The van der Waals surface area contributed by atoms with Crippen LogP contribution in [0.1, 0.15) is 52.7 Å². The van der Waals surface area contributed by atoms with Gasteiger partial charge in [0.2, 0.25) is 0 Å². The zero-order valence-corrected chi connectivity index (χ0v) is 13.5. The number of benzene rings is 1. The first-order valence-corrected chi connectivity index (χ1v) is 7.35. The minimum Gasteiger partial charge on any atom is -0.0912 e. The van der Waals surface area contributed by atoms with E-state index in [0.717, 1.165) is 12.0 Å². The molecule has 0 aromatic heterocycles. The third-order valence-electron chi connectivity index (χ3n) is 2.33. The maximum absolute atomic E-state index is 4.03. The van der Waals surface area contributed by atoms with E-state index in [1.807, 2.05) is 58.9 Å². The maximum Gasteiger partial charge on any atom is -0.0190 e. The van der Waals surface area contributed by atoms with E-state index in [2.05, 4.69) is 37.8 Å². The molecule has 1 aromatic carbocycles. The quantitative estimate of drug-likeness (QED) is 0.545. The first-order chi connectivity index (χ1) is 9.27. The molecular weight excluding hydrogens is 228 g/mol. The van der Waals surface area contributed by atoms with Crippen molar-refractivity contribution in [2.75, 3.05) is 0 Å². The van der Waals surface area contributed by atoms with Crippen molar-refractivity contribution in [1.82, 2.24) is 0 Å². The van der Waals surface area contributed by atoms with Gasteiger partial charge in [0.1, 0.15) is 0 Å². The summed E-state index contributed by atoms with van der Waals surface area (Å²) in [6.07, 6.45) is 9.13. The van der Waals surface area contributed by atoms with Crippen LogP contribution < -0.4 is 0 Å². The van der Waals surface area contributed by atoms with Gasteiger partial charge in [-0.3, -0.25) is 0 Å². The summed E-state index contributed by atoms with van der Waals surface area (Å²) in [7, 11) is 0. The van der Waals surface area contributed by atoms with Crippen LogP contribution >= 0.6 is 0 Å². The Hall–Kier alpha value is -1.56. The summed E-state index contributed by atoms with van der Waals surface area (Å²) in [5.41, 5.74) is 3.60. The predicted molar refractivity (Wildman–Crippen MR) is 91.5 cm³/mol. The summed E-state index contributed by atoms with van der Waals surface area (Å²) in [6, 6.07) is 8.57. The van der Waals surface area contributed by atoms with Crippen LogP contribution in [0, 0.1) is 0 Å². The van der Waals surface area contributed by atoms with Gasteiger partial charge in [0.05, 0.1) is 0 Å². The second kappa shape index (κ2) is 14.5. The monoisotopic (exact) mass is 258 g/mol. The van der Waals surface area contributed by atoms with Crippen LogP contribution in [0.5, 0.6) is 0 Å². The van der Waals surface area contributed by atoms with Crippen molar-refractivity contribution in [2.24, 2.45) is 0 Å². The molecule has 0 unspecified atom stereocenters. The molecule has 19 heavy (non-hydrogen) atoms. The highest BCUT2D eigenvalue weighted by Gasteiger charge is 1.94. The molecule has 0 bridgehead atoms. The molecule has 0 saturated carbocycles. The van der Waals surface area contributed by atoms with Crippen molar-refractivity contribution in [3.63, 3.8) is 0 Å². The summed E-state index contributed by atoms with van der Waals surface area (Å²) in [5, 5.41) is 0. The van der Waals surface area contributed by atoms with Gasteiger partial charge >= 0.3 is 0 Å². The molecule has 0 saturated heterocycles. The molecule has 1 rings (SSSR count). The largest absolute Gasteiger partial charge is 0.0912 e. The Labute approximate surface area is 120 Å². The Balaban J connectivity index is 0. The molecule has 0 atom stereocenters. The van der Waals surface area contributed by atoms with Gasteiger partial charge in [-0.05, 0) is 30.0 Å². The van der Waals surface area contributed by atoms with E-state index in [9.17, 15) is 0 Å². The van der Waals surface area contributed by atoms with E-state index < -0.39 is 0 Å². The molecule has 0 fully saturated rings. The molecule has 1 aromatic rings. The molecule has 0 heterocycles. The predicted octanol–water partition coefficient (Wildman–Crippen LogP) is 6.45. The van der Waals surface area contributed by atoms with Gasteiger partial charge in [0.25, 0.3) is 0 Å². The van der Waals surface area contributed by atoms with Crippen LogP contribution in [0.25, 0.3) is 5.57 Å². The Morgan fingerprint density at radius 1 is 1.00 bits per heavy atom. The lowest BCUT2D eigenvalue weighted by atomic mass is 10.0. The second-order valence-corrected chi connectivity index (χ2v) is 3.46. The van der Waals surface area contributed by atoms with Crippen LogP contribution in [0.15, 0.2) is 55.1 Å². The SMILES string of the molecule is C=C(/C=C\C=C/C)c1ccc(CC)cc1.CC.CC. The zero-order chi connectivity index (χ0) is 15.1. The zero-order valence-electron chi connectivity index (χ0n) is 13.5. The van der Waals surface area contributed by atoms with E-state index in [1.165, 1.54) is 11.1 Å².